The van der Waals surface area contributed by atoms with Gasteiger partial charge in [-0.2, -0.15) is 0 Å². The summed E-state index contributed by atoms with van der Waals surface area (Å²) in [7, 11) is 0. The molecule has 0 aliphatic carbocycles. The van der Waals surface area contributed by atoms with Gasteiger partial charge < -0.3 is 0 Å². The molecule has 1 nitrogen and oxygen atoms in total. The zero-order valence-corrected chi connectivity index (χ0v) is 13.5. The van der Waals surface area contributed by atoms with Crippen molar-refractivity contribution in [2.24, 2.45) is 0 Å². The second kappa shape index (κ2) is 8.28. The number of aryl methyl sites for hydroxylation is 4. The third-order valence-corrected chi connectivity index (χ3v) is 4.25. The van der Waals surface area contributed by atoms with Crippen LogP contribution in [0.5, 0.6) is 0 Å². The Kier molecular flexibility index (Phi) is 5.58. The average Bonchev–Trinajstić information content (AvgIpc) is 2.63. The number of aromatic nitrogens is 1. The summed E-state index contributed by atoms with van der Waals surface area (Å²) in [5.41, 5.74) is 5.57. The molecular formula is C22H23N. The van der Waals surface area contributed by atoms with Gasteiger partial charge in [-0.1, -0.05) is 60.7 Å². The maximum Gasteiger partial charge on any atom is 0.0403 e. The lowest BCUT2D eigenvalue weighted by Crippen LogP contribution is -1.99. The summed E-state index contributed by atoms with van der Waals surface area (Å²) in [6.45, 7) is 0. The van der Waals surface area contributed by atoms with E-state index in [1.54, 1.807) is 0 Å². The Morgan fingerprint density at radius 1 is 0.565 bits per heavy atom. The fraction of sp³-hybridized carbons (Fsp3) is 0.227. The number of pyridine rings is 1. The Bertz CT molecular complexity index is 704. The Morgan fingerprint density at radius 3 is 2.00 bits per heavy atom. The molecule has 2 aromatic carbocycles. The minimum Gasteiger partial charge on any atom is -0.261 e. The lowest BCUT2D eigenvalue weighted by molar-refractivity contribution is 0.787. The van der Waals surface area contributed by atoms with Crippen molar-refractivity contribution >= 4 is 0 Å². The molecular weight excluding hydrogens is 278 g/mol. The van der Waals surface area contributed by atoms with E-state index in [2.05, 4.69) is 71.7 Å². The van der Waals surface area contributed by atoms with E-state index in [1.165, 1.54) is 22.4 Å². The molecule has 0 saturated carbocycles. The van der Waals surface area contributed by atoms with Gasteiger partial charge in [0.25, 0.3) is 0 Å². The summed E-state index contributed by atoms with van der Waals surface area (Å²) in [5, 5.41) is 0. The highest BCUT2D eigenvalue weighted by atomic mass is 14.7. The first-order chi connectivity index (χ1) is 11.4. The molecule has 0 bridgehead atoms. The smallest absolute Gasteiger partial charge is 0.0403 e. The number of hydrogen-bond acceptors (Lipinski definition) is 1. The number of nitrogens with zero attached hydrogens (tertiary/aromatic N) is 1. The third kappa shape index (κ3) is 4.79. The number of rotatable bonds is 7. The van der Waals surface area contributed by atoms with E-state index in [-0.39, 0.29) is 0 Å². The Labute approximate surface area is 139 Å². The van der Waals surface area contributed by atoms with Crippen LogP contribution in [0.15, 0.2) is 79.0 Å². The molecule has 3 rings (SSSR count). The van der Waals surface area contributed by atoms with Gasteiger partial charge in [0.05, 0.1) is 0 Å². The monoisotopic (exact) mass is 301 g/mol. The summed E-state index contributed by atoms with van der Waals surface area (Å²) in [6.07, 6.45) is 7.43. The quantitative estimate of drug-likeness (QED) is 0.595. The molecule has 23 heavy (non-hydrogen) atoms. The van der Waals surface area contributed by atoms with Gasteiger partial charge >= 0.3 is 0 Å². The Hall–Kier alpha value is -2.41. The van der Waals surface area contributed by atoms with Crippen molar-refractivity contribution in [2.45, 2.75) is 32.1 Å². The van der Waals surface area contributed by atoms with Gasteiger partial charge in [0, 0.05) is 11.9 Å². The predicted octanol–water partition coefficient (Wildman–Crippen LogP) is 5.04. The fourth-order valence-corrected chi connectivity index (χ4v) is 2.97. The minimum absolute atomic E-state index is 1.05. The van der Waals surface area contributed by atoms with Gasteiger partial charge in [-0.3, -0.25) is 4.98 Å². The molecule has 0 amide bonds. The lowest BCUT2D eigenvalue weighted by Gasteiger charge is -2.09. The molecule has 0 spiro atoms. The molecule has 0 radical (unpaired) electrons. The molecule has 0 fully saturated rings. The van der Waals surface area contributed by atoms with Crippen LogP contribution in [-0.2, 0) is 25.7 Å². The third-order valence-electron chi connectivity index (χ3n) is 4.25. The molecule has 3 aromatic rings. The highest BCUT2D eigenvalue weighted by molar-refractivity contribution is 5.29. The van der Waals surface area contributed by atoms with Gasteiger partial charge in [0.15, 0.2) is 0 Å². The highest BCUT2D eigenvalue weighted by Gasteiger charge is 2.03. The van der Waals surface area contributed by atoms with Crippen LogP contribution in [0.25, 0.3) is 0 Å². The topological polar surface area (TPSA) is 12.9 Å². The van der Waals surface area contributed by atoms with E-state index in [4.69, 9.17) is 0 Å². The van der Waals surface area contributed by atoms with E-state index < -0.39 is 0 Å². The first-order valence-electron chi connectivity index (χ1n) is 8.42. The van der Waals surface area contributed by atoms with Crippen LogP contribution in [0.1, 0.15) is 28.8 Å². The normalized spacial score (nSPS) is 10.6. The molecule has 0 saturated heterocycles. The van der Waals surface area contributed by atoms with Crippen LogP contribution in [0.4, 0.5) is 0 Å². The van der Waals surface area contributed by atoms with Crippen molar-refractivity contribution in [1.82, 2.24) is 4.98 Å². The first-order valence-corrected chi connectivity index (χ1v) is 8.42. The van der Waals surface area contributed by atoms with E-state index in [1.807, 2.05) is 12.3 Å². The molecule has 116 valence electrons. The summed E-state index contributed by atoms with van der Waals surface area (Å²) < 4.78 is 0. The standard InChI is InChI=1S/C22H23N/c1-2-9-19(10-3-1)16-17-21-12-5-4-11-20(21)13-8-15-22-14-6-7-18-23-22/h1-7,9-12,14,18H,8,13,15-17H2. The second-order valence-electron chi connectivity index (χ2n) is 5.93. The summed E-state index contributed by atoms with van der Waals surface area (Å²) in [6, 6.07) is 25.8. The largest absolute Gasteiger partial charge is 0.261 e. The van der Waals surface area contributed by atoms with Crippen LogP contribution < -0.4 is 0 Å². The van der Waals surface area contributed by atoms with Crippen LogP contribution in [-0.4, -0.2) is 4.98 Å². The molecule has 0 unspecified atom stereocenters. The van der Waals surface area contributed by atoms with Gasteiger partial charge in [-0.05, 0) is 60.9 Å². The van der Waals surface area contributed by atoms with Crippen molar-refractivity contribution in [3.8, 4) is 0 Å². The van der Waals surface area contributed by atoms with Crippen LogP contribution in [0.2, 0.25) is 0 Å². The van der Waals surface area contributed by atoms with Crippen molar-refractivity contribution < 1.29 is 0 Å². The maximum atomic E-state index is 4.41. The predicted molar refractivity (Wildman–Crippen MR) is 96.6 cm³/mol. The van der Waals surface area contributed by atoms with E-state index >= 15 is 0 Å². The minimum atomic E-state index is 1.05. The van der Waals surface area contributed by atoms with E-state index in [9.17, 15) is 0 Å². The Morgan fingerprint density at radius 2 is 1.26 bits per heavy atom. The second-order valence-corrected chi connectivity index (χ2v) is 5.93. The zero-order chi connectivity index (χ0) is 15.7. The fourth-order valence-electron chi connectivity index (χ4n) is 2.97. The molecule has 1 heterocycles. The van der Waals surface area contributed by atoms with Crippen LogP contribution in [0.3, 0.4) is 0 Å². The van der Waals surface area contributed by atoms with Gasteiger partial charge in [-0.15, -0.1) is 0 Å². The Balaban J connectivity index is 1.57. The summed E-state index contributed by atoms with van der Waals surface area (Å²) >= 11 is 0. The van der Waals surface area contributed by atoms with E-state index in [0.717, 1.165) is 32.1 Å². The number of hydrogen-bond donors (Lipinski definition) is 0. The molecule has 0 aliphatic heterocycles. The molecule has 0 aliphatic rings. The van der Waals surface area contributed by atoms with Crippen molar-refractivity contribution in [2.75, 3.05) is 0 Å². The highest BCUT2D eigenvalue weighted by Crippen LogP contribution is 2.15. The van der Waals surface area contributed by atoms with Crippen molar-refractivity contribution in [3.63, 3.8) is 0 Å². The van der Waals surface area contributed by atoms with Crippen molar-refractivity contribution in [3.05, 3.63) is 101 Å². The first kappa shape index (κ1) is 15.5. The van der Waals surface area contributed by atoms with Crippen LogP contribution >= 0.6 is 0 Å². The SMILES string of the molecule is c1ccc(CCc2ccccc2CCCc2ccccn2)cc1. The summed E-state index contributed by atoms with van der Waals surface area (Å²) in [5.74, 6) is 0. The van der Waals surface area contributed by atoms with Crippen molar-refractivity contribution in [1.29, 1.82) is 0 Å². The molecule has 1 aromatic heterocycles. The van der Waals surface area contributed by atoms with Gasteiger partial charge in [0.2, 0.25) is 0 Å². The molecule has 0 atom stereocenters. The molecule has 1 heteroatoms. The lowest BCUT2D eigenvalue weighted by atomic mass is 9.96. The maximum absolute atomic E-state index is 4.41. The average molecular weight is 301 g/mol. The van der Waals surface area contributed by atoms with Gasteiger partial charge in [0.1, 0.15) is 0 Å². The van der Waals surface area contributed by atoms with E-state index in [0.29, 0.717) is 0 Å². The zero-order valence-electron chi connectivity index (χ0n) is 13.5. The summed E-state index contributed by atoms with van der Waals surface area (Å²) in [4.78, 5) is 4.41. The molecule has 0 N–H and O–H groups in total. The van der Waals surface area contributed by atoms with Crippen LogP contribution in [0, 0.1) is 0 Å². The van der Waals surface area contributed by atoms with Gasteiger partial charge in [-0.25, -0.2) is 0 Å². The number of benzene rings is 2.